The Kier molecular flexibility index (Phi) is 4.11. The second-order valence-corrected chi connectivity index (χ2v) is 5.56. The van der Waals surface area contributed by atoms with Crippen molar-refractivity contribution in [1.82, 2.24) is 5.32 Å². The number of nitrogens with one attached hydrogen (secondary N) is 1. The van der Waals surface area contributed by atoms with E-state index < -0.39 is 0 Å². The van der Waals surface area contributed by atoms with E-state index in [0.717, 1.165) is 10.5 Å². The van der Waals surface area contributed by atoms with Gasteiger partial charge in [-0.05, 0) is 17.7 Å². The normalized spacial score (nSPS) is 16.8. The number of esters is 1. The number of hydrogen-bond acceptors (Lipinski definition) is 5. The van der Waals surface area contributed by atoms with Crippen molar-refractivity contribution in [1.29, 1.82) is 0 Å². The first-order chi connectivity index (χ1) is 8.61. The predicted octanol–water partition coefficient (Wildman–Crippen LogP) is 2.76. The van der Waals surface area contributed by atoms with Gasteiger partial charge in [0.05, 0.1) is 12.7 Å². The molecular formula is C12H9NO2S3. The maximum absolute atomic E-state index is 11.6. The van der Waals surface area contributed by atoms with E-state index in [1.807, 2.05) is 18.2 Å². The Bertz CT molecular complexity index is 566. The van der Waals surface area contributed by atoms with E-state index in [2.05, 4.69) is 5.32 Å². The van der Waals surface area contributed by atoms with Crippen molar-refractivity contribution in [3.8, 4) is 0 Å². The zero-order valence-corrected chi connectivity index (χ0v) is 11.9. The Morgan fingerprint density at radius 1 is 1.39 bits per heavy atom. The summed E-state index contributed by atoms with van der Waals surface area (Å²) in [4.78, 5) is 13.0. The SMILES string of the molecule is COC(=O)c1ccccc1C=C1SC(=S)NC1=S. The number of rotatable bonds is 2. The summed E-state index contributed by atoms with van der Waals surface area (Å²) in [6.45, 7) is 0. The predicted molar refractivity (Wildman–Crippen MR) is 81.7 cm³/mol. The van der Waals surface area contributed by atoms with Crippen molar-refractivity contribution < 1.29 is 9.53 Å². The number of benzene rings is 1. The third-order valence-electron chi connectivity index (χ3n) is 2.29. The Hall–Kier alpha value is -1.24. The molecule has 0 radical (unpaired) electrons. The summed E-state index contributed by atoms with van der Waals surface area (Å²) >= 11 is 11.6. The van der Waals surface area contributed by atoms with Crippen LogP contribution in [0.1, 0.15) is 15.9 Å². The highest BCUT2D eigenvalue weighted by molar-refractivity contribution is 8.27. The van der Waals surface area contributed by atoms with Crippen LogP contribution in [0.4, 0.5) is 0 Å². The molecule has 92 valence electrons. The van der Waals surface area contributed by atoms with E-state index in [9.17, 15) is 4.79 Å². The first-order valence-electron chi connectivity index (χ1n) is 5.04. The molecule has 0 bridgehead atoms. The summed E-state index contributed by atoms with van der Waals surface area (Å²) in [6, 6.07) is 7.20. The fourth-order valence-corrected chi connectivity index (χ4v) is 2.95. The first kappa shape index (κ1) is 13.2. The molecule has 1 saturated heterocycles. The quantitative estimate of drug-likeness (QED) is 0.514. The van der Waals surface area contributed by atoms with E-state index in [0.29, 0.717) is 14.9 Å². The second kappa shape index (κ2) is 5.60. The van der Waals surface area contributed by atoms with Gasteiger partial charge >= 0.3 is 5.97 Å². The lowest BCUT2D eigenvalue weighted by molar-refractivity contribution is 0.0600. The van der Waals surface area contributed by atoms with Crippen LogP contribution in [0.3, 0.4) is 0 Å². The lowest BCUT2D eigenvalue weighted by Crippen LogP contribution is -2.15. The molecule has 1 fully saturated rings. The molecule has 1 aliphatic rings. The number of hydrogen-bond donors (Lipinski definition) is 1. The van der Waals surface area contributed by atoms with Gasteiger partial charge in [-0.15, -0.1) is 0 Å². The van der Waals surface area contributed by atoms with Crippen molar-refractivity contribution in [2.75, 3.05) is 7.11 Å². The first-order valence-corrected chi connectivity index (χ1v) is 6.67. The number of methoxy groups -OCH3 is 1. The Morgan fingerprint density at radius 3 is 2.72 bits per heavy atom. The molecule has 0 unspecified atom stereocenters. The van der Waals surface area contributed by atoms with Crippen LogP contribution in [0, 0.1) is 0 Å². The molecule has 0 saturated carbocycles. The van der Waals surface area contributed by atoms with Crippen LogP contribution in [-0.4, -0.2) is 22.4 Å². The molecule has 1 heterocycles. The molecule has 0 amide bonds. The minimum atomic E-state index is -0.369. The maximum Gasteiger partial charge on any atom is 0.338 e. The molecule has 1 N–H and O–H groups in total. The monoisotopic (exact) mass is 295 g/mol. The molecule has 6 heteroatoms. The number of thiocarbonyl (C=S) groups is 2. The van der Waals surface area contributed by atoms with Crippen molar-refractivity contribution in [2.45, 2.75) is 0 Å². The summed E-state index contributed by atoms with van der Waals surface area (Å²) in [5, 5.41) is 2.89. The molecular weight excluding hydrogens is 286 g/mol. The zero-order chi connectivity index (χ0) is 13.1. The molecule has 3 nitrogen and oxygen atoms in total. The standard InChI is InChI=1S/C12H9NO2S3/c1-15-11(14)8-5-3-2-4-7(8)6-9-10(16)13-12(17)18-9/h2-6H,1H3,(H,13,16,17). The Labute approximate surface area is 120 Å². The Morgan fingerprint density at radius 2 is 2.11 bits per heavy atom. The van der Waals surface area contributed by atoms with Gasteiger partial charge in [0.2, 0.25) is 0 Å². The van der Waals surface area contributed by atoms with Crippen molar-refractivity contribution in [3.05, 3.63) is 40.3 Å². The number of carbonyl (C=O) groups is 1. The van der Waals surface area contributed by atoms with Crippen molar-refractivity contribution in [2.24, 2.45) is 0 Å². The molecule has 0 aliphatic carbocycles. The van der Waals surface area contributed by atoms with E-state index in [1.54, 1.807) is 12.1 Å². The van der Waals surface area contributed by atoms with Gasteiger partial charge in [0, 0.05) is 4.91 Å². The minimum Gasteiger partial charge on any atom is -0.465 e. The van der Waals surface area contributed by atoms with Crippen LogP contribution in [0.2, 0.25) is 0 Å². The lowest BCUT2D eigenvalue weighted by Gasteiger charge is -2.04. The van der Waals surface area contributed by atoms with E-state index >= 15 is 0 Å². The minimum absolute atomic E-state index is 0.369. The molecule has 0 atom stereocenters. The third kappa shape index (κ3) is 2.77. The van der Waals surface area contributed by atoms with Gasteiger partial charge in [-0.25, -0.2) is 4.79 Å². The fraction of sp³-hybridized carbons (Fsp3) is 0.0833. The van der Waals surface area contributed by atoms with Crippen molar-refractivity contribution in [3.63, 3.8) is 0 Å². The smallest absolute Gasteiger partial charge is 0.338 e. The fourth-order valence-electron chi connectivity index (χ4n) is 1.48. The molecule has 1 aromatic carbocycles. The van der Waals surface area contributed by atoms with E-state index in [1.165, 1.54) is 18.9 Å². The van der Waals surface area contributed by atoms with Gasteiger partial charge in [-0.1, -0.05) is 54.4 Å². The van der Waals surface area contributed by atoms with Gasteiger partial charge in [0.1, 0.15) is 9.31 Å². The molecule has 0 aromatic heterocycles. The topological polar surface area (TPSA) is 38.3 Å². The average Bonchev–Trinajstić information content (AvgIpc) is 2.67. The third-order valence-corrected chi connectivity index (χ3v) is 3.93. The number of carbonyl (C=O) groups excluding carboxylic acids is 1. The summed E-state index contributed by atoms with van der Waals surface area (Å²) in [5.41, 5.74) is 1.27. The molecule has 18 heavy (non-hydrogen) atoms. The average molecular weight is 295 g/mol. The highest BCUT2D eigenvalue weighted by Crippen LogP contribution is 2.27. The maximum atomic E-state index is 11.6. The van der Waals surface area contributed by atoms with Crippen LogP contribution in [0.25, 0.3) is 6.08 Å². The van der Waals surface area contributed by atoms with Gasteiger partial charge in [0.15, 0.2) is 0 Å². The van der Waals surface area contributed by atoms with Crippen LogP contribution in [0.5, 0.6) is 0 Å². The lowest BCUT2D eigenvalue weighted by atomic mass is 10.1. The van der Waals surface area contributed by atoms with Crippen LogP contribution in [0.15, 0.2) is 29.2 Å². The molecule has 1 aromatic rings. The highest BCUT2D eigenvalue weighted by atomic mass is 32.2. The van der Waals surface area contributed by atoms with Gasteiger partial charge < -0.3 is 10.1 Å². The Balaban J connectivity index is 2.40. The largest absolute Gasteiger partial charge is 0.465 e. The van der Waals surface area contributed by atoms with E-state index in [-0.39, 0.29) is 5.97 Å². The van der Waals surface area contributed by atoms with Crippen LogP contribution >= 0.6 is 36.2 Å². The second-order valence-electron chi connectivity index (χ2n) is 3.43. The summed E-state index contributed by atoms with van der Waals surface area (Å²) < 4.78 is 5.37. The molecule has 1 aliphatic heterocycles. The van der Waals surface area contributed by atoms with Gasteiger partial charge in [0.25, 0.3) is 0 Å². The van der Waals surface area contributed by atoms with Gasteiger partial charge in [-0.3, -0.25) is 0 Å². The molecule has 2 rings (SSSR count). The van der Waals surface area contributed by atoms with E-state index in [4.69, 9.17) is 29.2 Å². The summed E-state index contributed by atoms with van der Waals surface area (Å²) in [6.07, 6.45) is 1.84. The number of ether oxygens (including phenoxy) is 1. The molecule has 0 spiro atoms. The number of thioether (sulfide) groups is 1. The van der Waals surface area contributed by atoms with Crippen molar-refractivity contribution >= 4 is 57.6 Å². The van der Waals surface area contributed by atoms with Crippen LogP contribution < -0.4 is 5.32 Å². The summed E-state index contributed by atoms with van der Waals surface area (Å²) in [7, 11) is 1.36. The zero-order valence-electron chi connectivity index (χ0n) is 9.43. The highest BCUT2D eigenvalue weighted by Gasteiger charge is 2.19. The van der Waals surface area contributed by atoms with Crippen LogP contribution in [-0.2, 0) is 4.74 Å². The summed E-state index contributed by atoms with van der Waals surface area (Å²) in [5.74, 6) is -0.369. The van der Waals surface area contributed by atoms with Gasteiger partial charge in [-0.2, -0.15) is 0 Å².